The van der Waals surface area contributed by atoms with E-state index in [-0.39, 0.29) is 11.6 Å². The highest BCUT2D eigenvalue weighted by atomic mass is 16.6. The first-order valence-electron chi connectivity index (χ1n) is 7.03. The second-order valence-electron chi connectivity index (χ2n) is 5.75. The van der Waals surface area contributed by atoms with Crippen molar-refractivity contribution >= 4 is 5.97 Å². The van der Waals surface area contributed by atoms with Crippen LogP contribution in [0.3, 0.4) is 0 Å². The second-order valence-corrected chi connectivity index (χ2v) is 5.75. The highest BCUT2D eigenvalue weighted by Gasteiger charge is 2.30. The zero-order valence-electron chi connectivity index (χ0n) is 12.5. The van der Waals surface area contributed by atoms with E-state index in [0.717, 1.165) is 12.3 Å². The third-order valence-corrected chi connectivity index (χ3v) is 3.82. The van der Waals surface area contributed by atoms with Crippen LogP contribution in [-0.4, -0.2) is 11.6 Å². The number of hydrogen-bond acceptors (Lipinski definition) is 2. The summed E-state index contributed by atoms with van der Waals surface area (Å²) in [5.41, 5.74) is -0.342. The largest absolute Gasteiger partial charge is 0.460 e. The van der Waals surface area contributed by atoms with Crippen LogP contribution < -0.4 is 0 Å². The van der Waals surface area contributed by atoms with Gasteiger partial charge in [-0.1, -0.05) is 46.5 Å². The molecule has 0 aromatic heterocycles. The molecule has 17 heavy (non-hydrogen) atoms. The molecule has 0 amide bonds. The van der Waals surface area contributed by atoms with E-state index in [1.54, 1.807) is 0 Å². The Labute approximate surface area is 107 Å². The summed E-state index contributed by atoms with van der Waals surface area (Å²) < 4.78 is 5.41. The Morgan fingerprint density at radius 1 is 1.29 bits per heavy atom. The Morgan fingerprint density at radius 2 is 1.88 bits per heavy atom. The molecule has 0 fully saturated rings. The van der Waals surface area contributed by atoms with E-state index in [9.17, 15) is 4.79 Å². The van der Waals surface area contributed by atoms with Crippen molar-refractivity contribution in [2.75, 3.05) is 0 Å². The van der Waals surface area contributed by atoms with Crippen molar-refractivity contribution in [3.63, 3.8) is 0 Å². The lowest BCUT2D eigenvalue weighted by Crippen LogP contribution is -2.35. The van der Waals surface area contributed by atoms with Gasteiger partial charge in [-0.3, -0.25) is 4.79 Å². The third-order valence-electron chi connectivity index (χ3n) is 3.82. The van der Waals surface area contributed by atoms with Gasteiger partial charge < -0.3 is 4.74 Å². The summed E-state index contributed by atoms with van der Waals surface area (Å²) in [4.78, 5) is 11.1. The van der Waals surface area contributed by atoms with Gasteiger partial charge in [-0.25, -0.2) is 0 Å². The monoisotopic (exact) mass is 242 g/mol. The first-order valence-corrected chi connectivity index (χ1v) is 7.03. The van der Waals surface area contributed by atoms with E-state index < -0.39 is 0 Å². The summed E-state index contributed by atoms with van der Waals surface area (Å²) >= 11 is 0. The van der Waals surface area contributed by atoms with E-state index in [1.807, 2.05) is 13.8 Å². The summed E-state index contributed by atoms with van der Waals surface area (Å²) in [6.07, 6.45) is 6.24. The highest BCUT2D eigenvalue weighted by molar-refractivity contribution is 5.66. The van der Waals surface area contributed by atoms with Crippen molar-refractivity contribution in [2.24, 2.45) is 11.8 Å². The summed E-state index contributed by atoms with van der Waals surface area (Å²) in [6, 6.07) is 0. The number of unbranched alkanes of at least 4 members (excludes halogenated alkanes) is 1. The number of hydrogen-bond donors (Lipinski definition) is 0. The lowest BCUT2D eigenvalue weighted by Gasteiger charge is -2.33. The molecule has 2 unspecified atom stereocenters. The van der Waals surface area contributed by atoms with Crippen LogP contribution in [0.2, 0.25) is 0 Å². The van der Waals surface area contributed by atoms with Gasteiger partial charge in [0.2, 0.25) is 0 Å². The molecule has 0 aliphatic rings. The Hall–Kier alpha value is -0.530. The van der Waals surface area contributed by atoms with Crippen molar-refractivity contribution in [1.29, 1.82) is 0 Å². The standard InChI is InChI=1S/C15H30O2/c1-7-9-10-14(8-2)11-12(3)15(5,6)17-13(4)16/h12,14H,7-11H2,1-6H3. The highest BCUT2D eigenvalue weighted by Crippen LogP contribution is 2.30. The predicted molar refractivity (Wildman–Crippen MR) is 72.9 cm³/mol. The molecule has 2 nitrogen and oxygen atoms in total. The topological polar surface area (TPSA) is 26.3 Å². The van der Waals surface area contributed by atoms with Crippen LogP contribution in [0, 0.1) is 11.8 Å². The van der Waals surface area contributed by atoms with E-state index in [1.165, 1.54) is 32.6 Å². The number of rotatable bonds is 8. The fourth-order valence-electron chi connectivity index (χ4n) is 2.24. The maximum Gasteiger partial charge on any atom is 0.303 e. The van der Waals surface area contributed by atoms with Gasteiger partial charge >= 0.3 is 5.97 Å². The zero-order chi connectivity index (χ0) is 13.5. The molecular weight excluding hydrogens is 212 g/mol. The minimum Gasteiger partial charge on any atom is -0.460 e. The van der Waals surface area contributed by atoms with Crippen LogP contribution in [0.1, 0.15) is 73.6 Å². The second kappa shape index (κ2) is 7.73. The van der Waals surface area contributed by atoms with Gasteiger partial charge in [-0.15, -0.1) is 0 Å². The summed E-state index contributed by atoms with van der Waals surface area (Å²) in [5, 5.41) is 0. The molecule has 0 saturated heterocycles. The molecule has 0 saturated carbocycles. The summed E-state index contributed by atoms with van der Waals surface area (Å²) in [7, 11) is 0. The third kappa shape index (κ3) is 6.70. The van der Waals surface area contributed by atoms with Crippen molar-refractivity contribution in [1.82, 2.24) is 0 Å². The summed E-state index contributed by atoms with van der Waals surface area (Å²) in [5.74, 6) is 0.997. The van der Waals surface area contributed by atoms with Crippen molar-refractivity contribution in [3.8, 4) is 0 Å². The lowest BCUT2D eigenvalue weighted by molar-refractivity contribution is -0.158. The molecule has 2 atom stereocenters. The molecule has 102 valence electrons. The average Bonchev–Trinajstić information content (AvgIpc) is 2.21. The molecule has 0 aromatic rings. The van der Waals surface area contributed by atoms with Crippen LogP contribution in [-0.2, 0) is 9.53 Å². The fourth-order valence-corrected chi connectivity index (χ4v) is 2.24. The fraction of sp³-hybridized carbons (Fsp3) is 0.933. The van der Waals surface area contributed by atoms with Crippen molar-refractivity contribution < 1.29 is 9.53 Å². The van der Waals surface area contributed by atoms with Gasteiger partial charge in [-0.05, 0) is 32.1 Å². The normalized spacial score (nSPS) is 15.4. The Morgan fingerprint density at radius 3 is 2.29 bits per heavy atom. The quantitative estimate of drug-likeness (QED) is 0.583. The number of ether oxygens (including phenoxy) is 1. The molecule has 0 aromatic carbocycles. The molecule has 0 spiro atoms. The van der Waals surface area contributed by atoms with Crippen LogP contribution in [0.5, 0.6) is 0 Å². The maximum atomic E-state index is 11.1. The van der Waals surface area contributed by atoms with Crippen LogP contribution in [0.25, 0.3) is 0 Å². The molecule has 0 aliphatic heterocycles. The summed E-state index contributed by atoms with van der Waals surface area (Å²) in [6.45, 7) is 12.2. The molecule has 0 bridgehead atoms. The molecule has 0 rings (SSSR count). The molecule has 0 N–H and O–H groups in total. The first kappa shape index (κ1) is 16.5. The van der Waals surface area contributed by atoms with Crippen LogP contribution >= 0.6 is 0 Å². The van der Waals surface area contributed by atoms with E-state index >= 15 is 0 Å². The minimum absolute atomic E-state index is 0.177. The number of esters is 1. The lowest BCUT2D eigenvalue weighted by atomic mass is 9.81. The Balaban J connectivity index is 4.27. The molecule has 0 radical (unpaired) electrons. The van der Waals surface area contributed by atoms with Gasteiger partial charge in [0, 0.05) is 6.92 Å². The molecule has 2 heteroatoms. The van der Waals surface area contributed by atoms with E-state index in [4.69, 9.17) is 4.74 Å². The van der Waals surface area contributed by atoms with Gasteiger partial charge in [0.25, 0.3) is 0 Å². The number of carbonyl (C=O) groups excluding carboxylic acids is 1. The molecule has 0 heterocycles. The molecular formula is C15H30O2. The minimum atomic E-state index is -0.342. The van der Waals surface area contributed by atoms with Gasteiger partial charge in [-0.2, -0.15) is 0 Å². The van der Waals surface area contributed by atoms with Gasteiger partial charge in [0.1, 0.15) is 5.60 Å². The zero-order valence-corrected chi connectivity index (χ0v) is 12.5. The van der Waals surface area contributed by atoms with Gasteiger partial charge in [0.15, 0.2) is 0 Å². The van der Waals surface area contributed by atoms with Crippen molar-refractivity contribution in [3.05, 3.63) is 0 Å². The maximum absolute atomic E-state index is 11.1. The molecule has 0 aliphatic carbocycles. The Kier molecular flexibility index (Phi) is 7.49. The Bertz CT molecular complexity index is 221. The SMILES string of the molecule is CCCCC(CC)CC(C)C(C)(C)OC(C)=O. The van der Waals surface area contributed by atoms with Crippen LogP contribution in [0.4, 0.5) is 0 Å². The number of carbonyl (C=O) groups is 1. The predicted octanol–water partition coefficient (Wildman–Crippen LogP) is 4.57. The first-order chi connectivity index (χ1) is 7.83. The van der Waals surface area contributed by atoms with Gasteiger partial charge in [0.05, 0.1) is 0 Å². The van der Waals surface area contributed by atoms with Crippen LogP contribution in [0.15, 0.2) is 0 Å². The van der Waals surface area contributed by atoms with Crippen molar-refractivity contribution in [2.45, 2.75) is 79.2 Å². The van der Waals surface area contributed by atoms with E-state index in [2.05, 4.69) is 20.8 Å². The smallest absolute Gasteiger partial charge is 0.303 e. The average molecular weight is 242 g/mol. The van der Waals surface area contributed by atoms with E-state index in [0.29, 0.717) is 5.92 Å².